The zero-order valence-corrected chi connectivity index (χ0v) is 8.75. The molecule has 0 radical (unpaired) electrons. The fourth-order valence-electron chi connectivity index (χ4n) is 1.43. The molecule has 1 aromatic rings. The van der Waals surface area contributed by atoms with E-state index in [-0.39, 0.29) is 5.41 Å². The summed E-state index contributed by atoms with van der Waals surface area (Å²) in [5.74, 6) is 0. The number of rotatable bonds is 3. The van der Waals surface area contributed by atoms with E-state index in [0.717, 1.165) is 12.0 Å². The third-order valence-corrected chi connectivity index (χ3v) is 2.92. The number of nitrogens with two attached hydrogens (primary N) is 1. The van der Waals surface area contributed by atoms with Crippen molar-refractivity contribution in [2.75, 3.05) is 6.54 Å². The van der Waals surface area contributed by atoms with E-state index in [2.05, 4.69) is 19.9 Å². The van der Waals surface area contributed by atoms with Gasteiger partial charge in [-0.15, -0.1) is 0 Å². The van der Waals surface area contributed by atoms with Gasteiger partial charge in [-0.2, -0.15) is 5.26 Å². The van der Waals surface area contributed by atoms with Crippen LogP contribution in [0.1, 0.15) is 31.4 Å². The molecular weight excluding hydrogens is 172 g/mol. The van der Waals surface area contributed by atoms with Gasteiger partial charge in [0.2, 0.25) is 0 Å². The normalized spacial score (nSPS) is 14.4. The number of nitrogens with zero attached hydrogens (tertiary/aromatic N) is 1. The van der Waals surface area contributed by atoms with Gasteiger partial charge >= 0.3 is 0 Å². The lowest BCUT2D eigenvalue weighted by Crippen LogP contribution is -2.30. The van der Waals surface area contributed by atoms with Crippen LogP contribution in [0.25, 0.3) is 0 Å². The first-order valence-corrected chi connectivity index (χ1v) is 4.87. The van der Waals surface area contributed by atoms with E-state index in [1.807, 2.05) is 24.3 Å². The molecule has 0 saturated heterocycles. The second-order valence-corrected chi connectivity index (χ2v) is 3.81. The molecule has 74 valence electrons. The highest BCUT2D eigenvalue weighted by atomic mass is 14.6. The predicted molar refractivity (Wildman–Crippen MR) is 57.9 cm³/mol. The Kier molecular flexibility index (Phi) is 3.27. The zero-order chi connectivity index (χ0) is 10.6. The van der Waals surface area contributed by atoms with Crippen molar-refractivity contribution in [2.24, 2.45) is 5.73 Å². The maximum absolute atomic E-state index is 8.79. The number of hydrogen-bond donors (Lipinski definition) is 1. The third kappa shape index (κ3) is 1.94. The minimum absolute atomic E-state index is 0.00708. The SMILES string of the molecule is CCC(C)(CN)c1cccc(C#N)c1. The van der Waals surface area contributed by atoms with E-state index >= 15 is 0 Å². The Morgan fingerprint density at radius 2 is 2.21 bits per heavy atom. The van der Waals surface area contributed by atoms with Gasteiger partial charge in [0.25, 0.3) is 0 Å². The highest BCUT2D eigenvalue weighted by molar-refractivity contribution is 5.36. The van der Waals surface area contributed by atoms with E-state index in [1.54, 1.807) is 0 Å². The highest BCUT2D eigenvalue weighted by Gasteiger charge is 2.22. The van der Waals surface area contributed by atoms with Crippen LogP contribution in [0.15, 0.2) is 24.3 Å². The lowest BCUT2D eigenvalue weighted by atomic mass is 9.80. The summed E-state index contributed by atoms with van der Waals surface area (Å²) in [6.07, 6.45) is 0.985. The third-order valence-electron chi connectivity index (χ3n) is 2.92. The van der Waals surface area contributed by atoms with Crippen molar-refractivity contribution in [3.05, 3.63) is 35.4 Å². The molecule has 0 aliphatic rings. The molecule has 14 heavy (non-hydrogen) atoms. The quantitative estimate of drug-likeness (QED) is 0.790. The second-order valence-electron chi connectivity index (χ2n) is 3.81. The van der Waals surface area contributed by atoms with Crippen molar-refractivity contribution in [1.29, 1.82) is 5.26 Å². The summed E-state index contributed by atoms with van der Waals surface area (Å²) in [5, 5.41) is 8.79. The minimum Gasteiger partial charge on any atom is -0.330 e. The predicted octanol–water partition coefficient (Wildman–Crippen LogP) is 2.18. The minimum atomic E-state index is -0.00708. The molecule has 2 N–H and O–H groups in total. The Morgan fingerprint density at radius 3 is 2.71 bits per heavy atom. The number of hydrogen-bond acceptors (Lipinski definition) is 2. The van der Waals surface area contributed by atoms with E-state index in [0.29, 0.717) is 12.1 Å². The summed E-state index contributed by atoms with van der Waals surface area (Å²) in [6.45, 7) is 4.85. The Morgan fingerprint density at radius 1 is 1.50 bits per heavy atom. The van der Waals surface area contributed by atoms with Gasteiger partial charge in [-0.3, -0.25) is 0 Å². The molecular formula is C12H16N2. The van der Waals surface area contributed by atoms with Crippen LogP contribution in [-0.2, 0) is 5.41 Å². The van der Waals surface area contributed by atoms with E-state index in [1.165, 1.54) is 0 Å². The first-order valence-electron chi connectivity index (χ1n) is 4.87. The summed E-state index contributed by atoms with van der Waals surface area (Å²) in [4.78, 5) is 0. The average Bonchev–Trinajstić information content (AvgIpc) is 2.28. The molecule has 0 saturated carbocycles. The van der Waals surface area contributed by atoms with Crippen LogP contribution < -0.4 is 5.73 Å². The Labute approximate surface area is 85.4 Å². The van der Waals surface area contributed by atoms with Gasteiger partial charge < -0.3 is 5.73 Å². The monoisotopic (exact) mass is 188 g/mol. The van der Waals surface area contributed by atoms with Crippen LogP contribution in [0, 0.1) is 11.3 Å². The lowest BCUT2D eigenvalue weighted by molar-refractivity contribution is 0.467. The van der Waals surface area contributed by atoms with E-state index in [9.17, 15) is 0 Å². The summed E-state index contributed by atoms with van der Waals surface area (Å²) in [6, 6.07) is 9.84. The van der Waals surface area contributed by atoms with Crippen LogP contribution in [-0.4, -0.2) is 6.54 Å². The van der Waals surface area contributed by atoms with Crippen molar-refractivity contribution in [3.63, 3.8) is 0 Å². The van der Waals surface area contributed by atoms with Gasteiger partial charge in [0.05, 0.1) is 11.6 Å². The van der Waals surface area contributed by atoms with Crippen LogP contribution in [0.3, 0.4) is 0 Å². The molecule has 1 unspecified atom stereocenters. The molecule has 0 fully saturated rings. The van der Waals surface area contributed by atoms with Crippen LogP contribution in [0.5, 0.6) is 0 Å². The number of benzene rings is 1. The van der Waals surface area contributed by atoms with Crippen LogP contribution in [0.4, 0.5) is 0 Å². The lowest BCUT2D eigenvalue weighted by Gasteiger charge is -2.27. The van der Waals surface area contributed by atoms with Crippen molar-refractivity contribution in [1.82, 2.24) is 0 Å². The number of nitriles is 1. The van der Waals surface area contributed by atoms with Gasteiger partial charge in [-0.1, -0.05) is 26.0 Å². The fourth-order valence-corrected chi connectivity index (χ4v) is 1.43. The van der Waals surface area contributed by atoms with Crippen molar-refractivity contribution in [2.45, 2.75) is 25.7 Å². The molecule has 0 heterocycles. The van der Waals surface area contributed by atoms with Gasteiger partial charge in [0.1, 0.15) is 0 Å². The first kappa shape index (κ1) is 10.7. The topological polar surface area (TPSA) is 49.8 Å². The summed E-state index contributed by atoms with van der Waals surface area (Å²) < 4.78 is 0. The van der Waals surface area contributed by atoms with Crippen molar-refractivity contribution in [3.8, 4) is 6.07 Å². The van der Waals surface area contributed by atoms with Crippen molar-refractivity contribution >= 4 is 0 Å². The highest BCUT2D eigenvalue weighted by Crippen LogP contribution is 2.26. The van der Waals surface area contributed by atoms with E-state index < -0.39 is 0 Å². The first-order chi connectivity index (χ1) is 6.66. The van der Waals surface area contributed by atoms with Gasteiger partial charge in [-0.05, 0) is 24.1 Å². The molecule has 2 heteroatoms. The Balaban J connectivity index is 3.12. The Bertz CT molecular complexity index is 346. The summed E-state index contributed by atoms with van der Waals surface area (Å²) in [5.41, 5.74) is 7.61. The van der Waals surface area contributed by atoms with Gasteiger partial charge in [-0.25, -0.2) is 0 Å². The maximum atomic E-state index is 8.79. The van der Waals surface area contributed by atoms with Crippen LogP contribution in [0.2, 0.25) is 0 Å². The fraction of sp³-hybridized carbons (Fsp3) is 0.417. The smallest absolute Gasteiger partial charge is 0.0991 e. The standard InChI is InChI=1S/C12H16N2/c1-3-12(2,9-14)11-6-4-5-10(7-11)8-13/h4-7H,3,9,14H2,1-2H3. The molecule has 0 aliphatic heterocycles. The molecule has 1 rings (SSSR count). The summed E-state index contributed by atoms with van der Waals surface area (Å²) >= 11 is 0. The molecule has 0 bridgehead atoms. The molecule has 0 aliphatic carbocycles. The maximum Gasteiger partial charge on any atom is 0.0991 e. The molecule has 1 aromatic carbocycles. The molecule has 0 aromatic heterocycles. The van der Waals surface area contributed by atoms with Crippen molar-refractivity contribution < 1.29 is 0 Å². The second kappa shape index (κ2) is 4.26. The molecule has 1 atom stereocenters. The van der Waals surface area contributed by atoms with Gasteiger partial charge in [0, 0.05) is 12.0 Å². The Hall–Kier alpha value is -1.33. The molecule has 0 amide bonds. The summed E-state index contributed by atoms with van der Waals surface area (Å²) in [7, 11) is 0. The zero-order valence-electron chi connectivity index (χ0n) is 8.75. The van der Waals surface area contributed by atoms with E-state index in [4.69, 9.17) is 11.0 Å². The van der Waals surface area contributed by atoms with Gasteiger partial charge in [0.15, 0.2) is 0 Å². The van der Waals surface area contributed by atoms with Crippen LogP contribution >= 0.6 is 0 Å². The average molecular weight is 188 g/mol. The molecule has 2 nitrogen and oxygen atoms in total. The molecule has 0 spiro atoms. The largest absolute Gasteiger partial charge is 0.330 e.